The van der Waals surface area contributed by atoms with Gasteiger partial charge in [-0.1, -0.05) is 54.6 Å². The molecule has 0 fully saturated rings. The highest BCUT2D eigenvalue weighted by Crippen LogP contribution is 2.30. The number of aryl methyl sites for hydroxylation is 1. The quantitative estimate of drug-likeness (QED) is 0.382. The zero-order valence-electron chi connectivity index (χ0n) is 17.6. The molecule has 0 saturated carbocycles. The van der Waals surface area contributed by atoms with E-state index in [4.69, 9.17) is 14.5 Å². The van der Waals surface area contributed by atoms with Crippen LogP contribution in [0.2, 0.25) is 0 Å². The number of methoxy groups -OCH3 is 1. The van der Waals surface area contributed by atoms with Crippen molar-refractivity contribution in [2.24, 2.45) is 0 Å². The van der Waals surface area contributed by atoms with Crippen LogP contribution >= 0.6 is 0 Å². The molecule has 4 aromatic rings. The van der Waals surface area contributed by atoms with Gasteiger partial charge < -0.3 is 14.0 Å². The summed E-state index contributed by atoms with van der Waals surface area (Å²) in [4.78, 5) is 4.84. The van der Waals surface area contributed by atoms with Crippen LogP contribution in [0.1, 0.15) is 29.4 Å². The number of ether oxygens (including phenoxy) is 2. The van der Waals surface area contributed by atoms with E-state index in [-0.39, 0.29) is 0 Å². The van der Waals surface area contributed by atoms with Crippen molar-refractivity contribution >= 4 is 17.1 Å². The molecule has 152 valence electrons. The maximum atomic E-state index is 6.15. The summed E-state index contributed by atoms with van der Waals surface area (Å²) in [5.41, 5.74) is 5.70. The molecular formula is C26H26N2O2. The molecule has 0 atom stereocenters. The second-order valence-corrected chi connectivity index (χ2v) is 7.23. The molecule has 0 spiro atoms. The number of hydrogen-bond acceptors (Lipinski definition) is 3. The predicted octanol–water partition coefficient (Wildman–Crippen LogP) is 6.01. The van der Waals surface area contributed by atoms with E-state index in [2.05, 4.69) is 41.8 Å². The van der Waals surface area contributed by atoms with Crippen molar-refractivity contribution in [1.29, 1.82) is 0 Å². The van der Waals surface area contributed by atoms with Gasteiger partial charge in [0, 0.05) is 6.54 Å². The summed E-state index contributed by atoms with van der Waals surface area (Å²) < 4.78 is 13.9. The first-order valence-electron chi connectivity index (χ1n) is 10.1. The monoisotopic (exact) mass is 398 g/mol. The minimum atomic E-state index is 0.361. The molecule has 0 N–H and O–H groups in total. The Bertz CT molecular complexity index is 1190. The van der Waals surface area contributed by atoms with Gasteiger partial charge in [0.15, 0.2) is 11.5 Å². The summed E-state index contributed by atoms with van der Waals surface area (Å²) in [6.07, 6.45) is 4.04. The molecule has 1 heterocycles. The van der Waals surface area contributed by atoms with E-state index in [0.29, 0.717) is 18.1 Å². The number of imidazole rings is 1. The van der Waals surface area contributed by atoms with Gasteiger partial charge in [0.1, 0.15) is 12.4 Å². The van der Waals surface area contributed by atoms with Crippen LogP contribution in [0, 0.1) is 6.92 Å². The lowest BCUT2D eigenvalue weighted by Crippen LogP contribution is -2.09. The Kier molecular flexibility index (Phi) is 5.84. The molecule has 0 saturated heterocycles. The fourth-order valence-electron chi connectivity index (χ4n) is 3.61. The molecule has 0 aliphatic carbocycles. The second-order valence-electron chi connectivity index (χ2n) is 7.23. The SMILES string of the molecule is C/C=C\c1ccc(OCc2nc3ccccc3n2Cc2ccccc2C)c(OC)c1. The summed E-state index contributed by atoms with van der Waals surface area (Å²) in [6, 6.07) is 22.6. The Morgan fingerprint density at radius 3 is 2.57 bits per heavy atom. The number of hydrogen-bond donors (Lipinski definition) is 0. The number of aromatic nitrogens is 2. The molecule has 0 aliphatic heterocycles. The first kappa shape index (κ1) is 19.8. The van der Waals surface area contributed by atoms with Gasteiger partial charge in [-0.05, 0) is 54.8 Å². The van der Waals surface area contributed by atoms with Crippen LogP contribution in [0.5, 0.6) is 11.5 Å². The van der Waals surface area contributed by atoms with Crippen LogP contribution in [-0.2, 0) is 13.2 Å². The summed E-state index contributed by atoms with van der Waals surface area (Å²) in [6.45, 7) is 5.25. The van der Waals surface area contributed by atoms with Gasteiger partial charge in [0.25, 0.3) is 0 Å². The highest BCUT2D eigenvalue weighted by molar-refractivity contribution is 5.76. The molecule has 0 amide bonds. The van der Waals surface area contributed by atoms with Crippen LogP contribution in [-0.4, -0.2) is 16.7 Å². The first-order valence-corrected chi connectivity index (χ1v) is 10.1. The maximum Gasteiger partial charge on any atom is 0.161 e. The van der Waals surface area contributed by atoms with E-state index in [9.17, 15) is 0 Å². The van der Waals surface area contributed by atoms with Crippen LogP contribution < -0.4 is 9.47 Å². The highest BCUT2D eigenvalue weighted by atomic mass is 16.5. The standard InChI is InChI=1S/C26H26N2O2/c1-4-9-20-14-15-24(25(16-20)29-3)30-18-26-27-22-12-7-8-13-23(22)28(26)17-21-11-6-5-10-19(21)2/h4-16H,17-18H2,1-3H3/b9-4-. The largest absolute Gasteiger partial charge is 0.493 e. The van der Waals surface area contributed by atoms with E-state index in [1.165, 1.54) is 11.1 Å². The molecule has 0 bridgehead atoms. The molecule has 3 aromatic carbocycles. The first-order chi connectivity index (χ1) is 14.7. The van der Waals surface area contributed by atoms with Crippen molar-refractivity contribution in [2.45, 2.75) is 27.0 Å². The third-order valence-electron chi connectivity index (χ3n) is 5.23. The fourth-order valence-corrected chi connectivity index (χ4v) is 3.61. The minimum Gasteiger partial charge on any atom is -0.493 e. The van der Waals surface area contributed by atoms with Crippen molar-refractivity contribution in [3.8, 4) is 11.5 Å². The average Bonchev–Trinajstić information content (AvgIpc) is 3.12. The molecule has 0 aliphatic rings. The number of rotatable bonds is 7. The number of allylic oxidation sites excluding steroid dienone is 1. The molecule has 1 aromatic heterocycles. The van der Waals surface area contributed by atoms with Crippen LogP contribution in [0.25, 0.3) is 17.1 Å². The Hall–Kier alpha value is -3.53. The summed E-state index contributed by atoms with van der Waals surface area (Å²) in [7, 11) is 1.66. The molecule has 30 heavy (non-hydrogen) atoms. The minimum absolute atomic E-state index is 0.361. The lowest BCUT2D eigenvalue weighted by molar-refractivity contribution is 0.273. The lowest BCUT2D eigenvalue weighted by atomic mass is 10.1. The van der Waals surface area contributed by atoms with E-state index in [1.807, 2.05) is 55.5 Å². The van der Waals surface area contributed by atoms with Crippen LogP contribution in [0.3, 0.4) is 0 Å². The Balaban J connectivity index is 1.65. The molecule has 0 radical (unpaired) electrons. The number of fused-ring (bicyclic) bond motifs is 1. The Labute approximate surface area is 177 Å². The third-order valence-corrected chi connectivity index (χ3v) is 5.23. The van der Waals surface area contributed by atoms with Gasteiger partial charge in [-0.25, -0.2) is 4.98 Å². The van der Waals surface area contributed by atoms with Crippen molar-refractivity contribution in [1.82, 2.24) is 9.55 Å². The van der Waals surface area contributed by atoms with Gasteiger partial charge in [0.2, 0.25) is 0 Å². The average molecular weight is 399 g/mol. The Morgan fingerprint density at radius 1 is 0.967 bits per heavy atom. The summed E-state index contributed by atoms with van der Waals surface area (Å²) in [5, 5.41) is 0. The van der Waals surface area contributed by atoms with Gasteiger partial charge in [-0.3, -0.25) is 0 Å². The molecule has 4 heteroatoms. The Morgan fingerprint density at radius 2 is 1.77 bits per heavy atom. The van der Waals surface area contributed by atoms with Crippen molar-refractivity contribution in [3.63, 3.8) is 0 Å². The van der Waals surface area contributed by atoms with Crippen LogP contribution in [0.15, 0.2) is 72.8 Å². The van der Waals surface area contributed by atoms with Crippen molar-refractivity contribution < 1.29 is 9.47 Å². The molecule has 4 rings (SSSR count). The number of para-hydroxylation sites is 2. The maximum absolute atomic E-state index is 6.15. The topological polar surface area (TPSA) is 36.3 Å². The van der Waals surface area contributed by atoms with Crippen LogP contribution in [0.4, 0.5) is 0 Å². The van der Waals surface area contributed by atoms with Gasteiger partial charge >= 0.3 is 0 Å². The normalized spacial score (nSPS) is 11.3. The zero-order valence-corrected chi connectivity index (χ0v) is 17.6. The van der Waals surface area contributed by atoms with Gasteiger partial charge in [-0.2, -0.15) is 0 Å². The van der Waals surface area contributed by atoms with Gasteiger partial charge in [0.05, 0.1) is 18.1 Å². The smallest absolute Gasteiger partial charge is 0.161 e. The predicted molar refractivity (Wildman–Crippen MR) is 122 cm³/mol. The van der Waals surface area contributed by atoms with E-state index in [1.54, 1.807) is 7.11 Å². The summed E-state index contributed by atoms with van der Waals surface area (Å²) in [5.74, 6) is 2.31. The number of benzene rings is 3. The molecule has 0 unspecified atom stereocenters. The summed E-state index contributed by atoms with van der Waals surface area (Å²) >= 11 is 0. The second kappa shape index (κ2) is 8.87. The van der Waals surface area contributed by atoms with Crippen molar-refractivity contribution in [3.05, 3.63) is 95.3 Å². The van der Waals surface area contributed by atoms with Gasteiger partial charge in [-0.15, -0.1) is 0 Å². The van der Waals surface area contributed by atoms with Crippen molar-refractivity contribution in [2.75, 3.05) is 7.11 Å². The highest BCUT2D eigenvalue weighted by Gasteiger charge is 2.14. The molecule has 4 nitrogen and oxygen atoms in total. The lowest BCUT2D eigenvalue weighted by Gasteiger charge is -2.14. The number of nitrogens with zero attached hydrogens (tertiary/aromatic N) is 2. The van der Waals surface area contributed by atoms with E-state index in [0.717, 1.165) is 29.0 Å². The molecular weight excluding hydrogens is 372 g/mol. The zero-order chi connectivity index (χ0) is 20.9. The fraction of sp³-hybridized carbons (Fsp3) is 0.192. The van der Waals surface area contributed by atoms with E-state index < -0.39 is 0 Å². The van der Waals surface area contributed by atoms with E-state index >= 15 is 0 Å². The third kappa shape index (κ3) is 4.08.